The number of H-pyrrole nitrogens is 1. The van der Waals surface area contributed by atoms with Crippen LogP contribution in [0.4, 0.5) is 13.6 Å². The Morgan fingerprint density at radius 1 is 1.11 bits per heavy atom. The fourth-order valence-electron chi connectivity index (χ4n) is 4.48. The van der Waals surface area contributed by atoms with Crippen LogP contribution in [0.2, 0.25) is 0 Å². The fraction of sp³-hybridized carbons (Fsp3) is 0.385. The number of amides is 1. The number of piperidine rings is 1. The van der Waals surface area contributed by atoms with Crippen molar-refractivity contribution in [1.82, 2.24) is 24.3 Å². The van der Waals surface area contributed by atoms with Crippen LogP contribution in [0, 0.1) is 12.7 Å². The number of hydrogen-bond donors (Lipinski definition) is 1. The number of halogens is 2. The number of benzene rings is 1. The van der Waals surface area contributed by atoms with Crippen molar-refractivity contribution >= 4 is 22.6 Å². The lowest BCUT2D eigenvalue weighted by atomic mass is 9.92. The van der Waals surface area contributed by atoms with Crippen molar-refractivity contribution in [2.45, 2.75) is 51.8 Å². The highest BCUT2D eigenvalue weighted by atomic mass is 19.1. The van der Waals surface area contributed by atoms with Gasteiger partial charge >= 0.3 is 6.09 Å². The second-order valence-electron chi connectivity index (χ2n) is 10.3. The summed E-state index contributed by atoms with van der Waals surface area (Å²) in [5, 5.41) is 0.0328. The Kier molecular flexibility index (Phi) is 5.57. The van der Waals surface area contributed by atoms with Gasteiger partial charge in [-0.2, -0.15) is 0 Å². The molecule has 188 valence electrons. The summed E-state index contributed by atoms with van der Waals surface area (Å²) in [6.45, 7) is 7.33. The summed E-state index contributed by atoms with van der Waals surface area (Å²) in [6.07, 6.45) is 2.95. The molecule has 1 saturated heterocycles. The summed E-state index contributed by atoms with van der Waals surface area (Å²) >= 11 is 0. The molecule has 5 rings (SSSR count). The number of aromatic amines is 1. The third-order valence-corrected chi connectivity index (χ3v) is 6.30. The van der Waals surface area contributed by atoms with E-state index in [0.29, 0.717) is 11.1 Å². The SMILES string of the molecule is Cc1cn2cc(-c3cc(F)c4nc(C5(F)CCN(C(=O)OC(C)(C)C)CC5)[nH]c(=O)c4c3)ccc2n1. The summed E-state index contributed by atoms with van der Waals surface area (Å²) in [6, 6.07) is 6.45. The lowest BCUT2D eigenvalue weighted by molar-refractivity contribution is 0.000196. The second-order valence-corrected chi connectivity index (χ2v) is 10.3. The lowest BCUT2D eigenvalue weighted by Gasteiger charge is -2.36. The molecule has 4 aromatic rings. The summed E-state index contributed by atoms with van der Waals surface area (Å²) in [5.41, 5.74) is -0.678. The van der Waals surface area contributed by atoms with Crippen molar-refractivity contribution in [2.75, 3.05) is 13.1 Å². The van der Waals surface area contributed by atoms with E-state index in [9.17, 15) is 9.59 Å². The van der Waals surface area contributed by atoms with Crippen LogP contribution in [-0.4, -0.2) is 49.0 Å². The van der Waals surface area contributed by atoms with E-state index in [1.165, 1.54) is 11.0 Å². The molecule has 1 aliphatic rings. The van der Waals surface area contributed by atoms with Crippen molar-refractivity contribution < 1.29 is 18.3 Å². The average molecular weight is 496 g/mol. The van der Waals surface area contributed by atoms with Gasteiger partial charge in [-0.15, -0.1) is 0 Å². The molecule has 1 fully saturated rings. The van der Waals surface area contributed by atoms with E-state index in [2.05, 4.69) is 15.0 Å². The Morgan fingerprint density at radius 2 is 1.83 bits per heavy atom. The van der Waals surface area contributed by atoms with Crippen LogP contribution in [-0.2, 0) is 10.4 Å². The standard InChI is InChI=1S/C26H27F2N5O3/c1-15-13-33-14-16(5-6-20(33)29-15)17-11-18-21(19(27)12-17)30-23(31-22(18)34)26(28)7-9-32(10-8-26)24(35)36-25(2,3)4/h5-6,11-14H,7-10H2,1-4H3,(H,30,31,34). The highest BCUT2D eigenvalue weighted by Crippen LogP contribution is 2.36. The molecule has 0 atom stereocenters. The number of aromatic nitrogens is 4. The molecular weight excluding hydrogens is 468 g/mol. The number of carbonyl (C=O) groups is 1. The third kappa shape index (κ3) is 4.43. The van der Waals surface area contributed by atoms with Crippen LogP contribution in [0.1, 0.15) is 45.1 Å². The van der Waals surface area contributed by atoms with Gasteiger partial charge in [0.15, 0.2) is 5.67 Å². The number of alkyl halides is 1. The number of aryl methyl sites for hydroxylation is 1. The first-order valence-corrected chi connectivity index (χ1v) is 11.8. The van der Waals surface area contributed by atoms with Gasteiger partial charge in [-0.25, -0.2) is 23.5 Å². The smallest absolute Gasteiger partial charge is 0.410 e. The summed E-state index contributed by atoms with van der Waals surface area (Å²) in [7, 11) is 0. The molecule has 4 heterocycles. The Hall–Kier alpha value is -3.82. The molecule has 0 saturated carbocycles. The third-order valence-electron chi connectivity index (χ3n) is 6.30. The molecule has 10 heteroatoms. The second kappa shape index (κ2) is 8.39. The molecule has 0 bridgehead atoms. The predicted molar refractivity (Wildman–Crippen MR) is 131 cm³/mol. The monoisotopic (exact) mass is 495 g/mol. The fourth-order valence-corrected chi connectivity index (χ4v) is 4.48. The van der Waals surface area contributed by atoms with E-state index in [1.54, 1.807) is 39.1 Å². The maximum absolute atomic E-state index is 15.9. The van der Waals surface area contributed by atoms with E-state index >= 15 is 8.78 Å². The van der Waals surface area contributed by atoms with Crippen molar-refractivity contribution in [3.63, 3.8) is 0 Å². The molecular formula is C26H27F2N5O3. The van der Waals surface area contributed by atoms with Gasteiger partial charge in [0.1, 0.15) is 28.4 Å². The molecule has 0 spiro atoms. The highest BCUT2D eigenvalue weighted by molar-refractivity contribution is 5.84. The van der Waals surface area contributed by atoms with Crippen LogP contribution in [0.3, 0.4) is 0 Å². The molecule has 1 aromatic carbocycles. The van der Waals surface area contributed by atoms with Gasteiger partial charge in [0.2, 0.25) is 0 Å². The van der Waals surface area contributed by atoms with Crippen LogP contribution >= 0.6 is 0 Å². The summed E-state index contributed by atoms with van der Waals surface area (Å²) in [5.74, 6) is -0.947. The maximum atomic E-state index is 15.9. The molecule has 8 nitrogen and oxygen atoms in total. The molecule has 36 heavy (non-hydrogen) atoms. The van der Waals surface area contributed by atoms with E-state index in [4.69, 9.17) is 4.74 Å². The van der Waals surface area contributed by atoms with Gasteiger partial charge in [-0.3, -0.25) is 4.79 Å². The Morgan fingerprint density at radius 3 is 2.53 bits per heavy atom. The Labute approximate surface area is 205 Å². The number of pyridine rings is 1. The summed E-state index contributed by atoms with van der Waals surface area (Å²) in [4.78, 5) is 37.8. The van der Waals surface area contributed by atoms with Gasteiger partial charge in [0, 0.05) is 38.3 Å². The molecule has 1 aliphatic heterocycles. The van der Waals surface area contributed by atoms with E-state index in [0.717, 1.165) is 11.3 Å². The normalized spacial score (nSPS) is 16.0. The van der Waals surface area contributed by atoms with Gasteiger partial charge < -0.3 is 19.0 Å². The van der Waals surface area contributed by atoms with Gasteiger partial charge in [0.05, 0.1) is 11.1 Å². The maximum Gasteiger partial charge on any atom is 0.410 e. The van der Waals surface area contributed by atoms with Crippen molar-refractivity contribution in [2.24, 2.45) is 0 Å². The minimum Gasteiger partial charge on any atom is -0.444 e. The molecule has 0 aliphatic carbocycles. The lowest BCUT2D eigenvalue weighted by Crippen LogP contribution is -2.46. The first-order valence-electron chi connectivity index (χ1n) is 11.8. The summed E-state index contributed by atoms with van der Waals surface area (Å²) < 4.78 is 38.3. The van der Waals surface area contributed by atoms with Gasteiger partial charge in [0.25, 0.3) is 5.56 Å². The van der Waals surface area contributed by atoms with Gasteiger partial charge in [-0.1, -0.05) is 0 Å². The minimum atomic E-state index is -2.00. The first-order chi connectivity index (χ1) is 16.9. The Balaban J connectivity index is 1.45. The largest absolute Gasteiger partial charge is 0.444 e. The molecule has 1 amide bonds. The minimum absolute atomic E-state index is 0.0328. The van der Waals surface area contributed by atoms with Crippen molar-refractivity contribution in [3.05, 3.63) is 64.3 Å². The highest BCUT2D eigenvalue weighted by Gasteiger charge is 2.41. The zero-order valence-electron chi connectivity index (χ0n) is 20.6. The number of hydrogen-bond acceptors (Lipinski definition) is 5. The molecule has 1 N–H and O–H groups in total. The number of carbonyl (C=O) groups excluding carboxylic acids is 1. The molecule has 3 aromatic heterocycles. The van der Waals surface area contributed by atoms with Crippen LogP contribution in [0.15, 0.2) is 41.5 Å². The Bertz CT molecular complexity index is 1550. The number of ether oxygens (including phenoxy) is 1. The van der Waals surface area contributed by atoms with E-state index in [1.807, 2.05) is 23.6 Å². The first kappa shape index (κ1) is 23.9. The van der Waals surface area contributed by atoms with Crippen LogP contribution in [0.25, 0.3) is 27.7 Å². The van der Waals surface area contributed by atoms with E-state index in [-0.39, 0.29) is 42.7 Å². The predicted octanol–water partition coefficient (Wildman–Crippen LogP) is 4.88. The van der Waals surface area contributed by atoms with Crippen LogP contribution < -0.4 is 5.56 Å². The number of nitrogens with zero attached hydrogens (tertiary/aromatic N) is 4. The van der Waals surface area contributed by atoms with Crippen LogP contribution in [0.5, 0.6) is 0 Å². The average Bonchev–Trinajstić information content (AvgIpc) is 3.18. The van der Waals surface area contributed by atoms with Gasteiger partial charge in [-0.05, 0) is 63.1 Å². The number of rotatable bonds is 2. The van der Waals surface area contributed by atoms with Crippen molar-refractivity contribution in [1.29, 1.82) is 0 Å². The number of nitrogens with one attached hydrogen (secondary N) is 1. The van der Waals surface area contributed by atoms with E-state index < -0.39 is 28.7 Å². The number of fused-ring (bicyclic) bond motifs is 2. The molecule has 0 unspecified atom stereocenters. The number of imidazole rings is 1. The van der Waals surface area contributed by atoms with Crippen molar-refractivity contribution in [3.8, 4) is 11.1 Å². The zero-order valence-corrected chi connectivity index (χ0v) is 20.6. The quantitative estimate of drug-likeness (QED) is 0.428. The number of likely N-dealkylation sites (tertiary alicyclic amines) is 1. The molecule has 0 radical (unpaired) electrons. The zero-order chi connectivity index (χ0) is 25.8. The topological polar surface area (TPSA) is 92.6 Å².